The normalized spacial score (nSPS) is 15.6. The van der Waals surface area contributed by atoms with Gasteiger partial charge < -0.3 is 57.8 Å². The molecule has 0 fully saturated rings. The average molecular weight is 857 g/mol. The van der Waals surface area contributed by atoms with Crippen LogP contribution in [0, 0.1) is 0 Å². The molecule has 0 spiro atoms. The largest absolute Gasteiger partial charge is 2.00 e. The van der Waals surface area contributed by atoms with Crippen molar-refractivity contribution in [2.24, 2.45) is 0 Å². The Morgan fingerprint density at radius 3 is 1.00 bits per heavy atom. The SMILES string of the molecule is O=P([O-])([O-])C(O)P(=O)([O-])Oc1ccc(Cl)c(Cl)c1Cl.O=P([O-])([O-])C(O)P(=O)([O-])Oc1ccc(Cl)c(Cl)c1Cl.[Ca+2].[Ca+2].[Ca+2]. The molecule has 0 amide bonds. The van der Waals surface area contributed by atoms with Gasteiger partial charge in [0.15, 0.2) is 11.2 Å². The van der Waals surface area contributed by atoms with Crippen LogP contribution in [0.5, 0.6) is 11.5 Å². The van der Waals surface area contributed by atoms with E-state index in [1.54, 1.807) is 0 Å². The van der Waals surface area contributed by atoms with Gasteiger partial charge in [0, 0.05) is 0 Å². The molecule has 0 saturated heterocycles. The van der Waals surface area contributed by atoms with E-state index in [-0.39, 0.29) is 133 Å². The van der Waals surface area contributed by atoms with Gasteiger partial charge in [-0.1, -0.05) is 69.6 Å². The van der Waals surface area contributed by atoms with E-state index in [2.05, 4.69) is 9.05 Å². The molecule has 0 radical (unpaired) electrons. The smallest absolute Gasteiger partial charge is 0.809 e. The number of aliphatic hydroxyl groups excluding tert-OH is 2. The molecule has 0 aromatic heterocycles. The van der Waals surface area contributed by atoms with E-state index in [9.17, 15) is 47.6 Å². The van der Waals surface area contributed by atoms with E-state index in [0.29, 0.717) is 0 Å². The molecule has 0 heterocycles. The summed E-state index contributed by atoms with van der Waals surface area (Å²) in [6, 6.07) is 4.22. The van der Waals surface area contributed by atoms with E-state index in [1.807, 2.05) is 0 Å². The maximum absolute atomic E-state index is 11.3. The summed E-state index contributed by atoms with van der Waals surface area (Å²) in [6.07, 6.45) is 0. The molecule has 0 aliphatic heterocycles. The number of hydrogen-bond donors (Lipinski definition) is 2. The van der Waals surface area contributed by atoms with E-state index in [1.165, 1.54) is 0 Å². The summed E-state index contributed by atoms with van der Waals surface area (Å²) in [6.45, 7) is 0. The molecule has 2 aromatic carbocycles. The van der Waals surface area contributed by atoms with Gasteiger partial charge in [0.25, 0.3) is 0 Å². The van der Waals surface area contributed by atoms with Crippen molar-refractivity contribution in [3.8, 4) is 11.5 Å². The van der Waals surface area contributed by atoms with Crippen LogP contribution in [0.25, 0.3) is 0 Å². The van der Waals surface area contributed by atoms with Gasteiger partial charge in [-0.2, -0.15) is 0 Å². The molecule has 2 aromatic rings. The Kier molecular flexibility index (Phi) is 24.1. The molecule has 2 N–H and O–H groups in total. The number of benzene rings is 2. The van der Waals surface area contributed by atoms with Crippen molar-refractivity contribution >= 4 is 213 Å². The molecule has 216 valence electrons. The molecule has 4 atom stereocenters. The number of halogens is 6. The summed E-state index contributed by atoms with van der Waals surface area (Å²) in [4.78, 5) is 64.5. The third-order valence-corrected chi connectivity index (χ3v) is 12.7. The number of rotatable bonds is 8. The predicted molar refractivity (Wildman–Crippen MR) is 144 cm³/mol. The molecule has 0 aliphatic rings. The van der Waals surface area contributed by atoms with Crippen molar-refractivity contribution in [3.05, 3.63) is 54.4 Å². The zero-order valence-electron chi connectivity index (χ0n) is 19.4. The van der Waals surface area contributed by atoms with Crippen LogP contribution in [0.1, 0.15) is 0 Å². The van der Waals surface area contributed by atoms with Gasteiger partial charge in [0.1, 0.15) is 21.5 Å². The third-order valence-electron chi connectivity index (χ3n) is 3.58. The summed E-state index contributed by atoms with van der Waals surface area (Å²) in [5.74, 6) is -1.14. The van der Waals surface area contributed by atoms with Crippen molar-refractivity contribution < 1.29 is 66.9 Å². The quantitative estimate of drug-likeness (QED) is 0.207. The third kappa shape index (κ3) is 15.1. The molecule has 0 saturated carbocycles. The fraction of sp³-hybridized carbons (Fsp3) is 0.143. The average Bonchev–Trinajstić information content (AvgIpc) is 2.78. The minimum Gasteiger partial charge on any atom is -0.809 e. The summed E-state index contributed by atoms with van der Waals surface area (Å²) >= 11 is 33.6. The Hall–Kier alpha value is 4.16. The van der Waals surface area contributed by atoms with Gasteiger partial charge in [0.05, 0.1) is 20.1 Å². The van der Waals surface area contributed by atoms with Crippen molar-refractivity contribution in [3.63, 3.8) is 0 Å². The van der Waals surface area contributed by atoms with Crippen LogP contribution < -0.4 is 38.4 Å². The second kappa shape index (κ2) is 20.0. The van der Waals surface area contributed by atoms with Crippen LogP contribution in [-0.4, -0.2) is 135 Å². The topological polar surface area (TPSA) is 266 Å². The summed E-state index contributed by atoms with van der Waals surface area (Å²) in [7, 11) is -22.5. The van der Waals surface area contributed by atoms with E-state index in [0.717, 1.165) is 24.3 Å². The van der Waals surface area contributed by atoms with Gasteiger partial charge in [0.2, 0.25) is 15.2 Å². The summed E-state index contributed by atoms with van der Waals surface area (Å²) in [5.41, 5.74) is -6.46. The number of hydrogen-bond acceptors (Lipinski definition) is 14. The van der Waals surface area contributed by atoms with Gasteiger partial charge in [-0.3, -0.25) is 9.13 Å². The molecule has 27 heteroatoms. The Bertz CT molecular complexity index is 1290. The maximum atomic E-state index is 11.3. The molecular formula is C14H8Ca3Cl6O14P4. The van der Waals surface area contributed by atoms with Crippen LogP contribution in [0.3, 0.4) is 0 Å². The first-order chi connectivity index (χ1) is 16.9. The van der Waals surface area contributed by atoms with Gasteiger partial charge in [-0.25, -0.2) is 0 Å². The van der Waals surface area contributed by atoms with Crippen molar-refractivity contribution in [1.82, 2.24) is 0 Å². The van der Waals surface area contributed by atoms with E-state index in [4.69, 9.17) is 79.8 Å². The predicted octanol–water partition coefficient (Wildman–Crippen LogP) is 0.395. The minimum absolute atomic E-state index is 0. The molecule has 41 heavy (non-hydrogen) atoms. The van der Waals surface area contributed by atoms with Gasteiger partial charge >= 0.3 is 113 Å². The van der Waals surface area contributed by atoms with Gasteiger partial charge in [-0.15, -0.1) is 0 Å². The molecule has 2 rings (SSSR count). The summed E-state index contributed by atoms with van der Waals surface area (Å²) in [5, 5.41) is 16.5. The van der Waals surface area contributed by atoms with Crippen molar-refractivity contribution in [1.29, 1.82) is 0 Å². The zero-order chi connectivity index (χ0) is 30.0. The standard InChI is InChI=1S/2C7H7Cl3O7P2.3Ca/c2*8-3-1-2-4(6(10)5(3)9)17-19(15,16)7(11)18(12,13)14;;;/h2*1-2,7,11H,(H,15,16)(H2,12,13,14);;;/q;;3*+2/p-6. The van der Waals surface area contributed by atoms with Crippen LogP contribution in [0.15, 0.2) is 24.3 Å². The molecule has 0 bridgehead atoms. The Labute approximate surface area is 351 Å². The van der Waals surface area contributed by atoms with Crippen LogP contribution in [-0.2, 0) is 18.3 Å². The Morgan fingerprint density at radius 1 is 0.537 bits per heavy atom. The monoisotopic (exact) mass is 854 g/mol. The first-order valence-corrected chi connectivity index (χ1v) is 17.3. The first-order valence-electron chi connectivity index (χ1n) is 8.60. The first kappa shape index (κ1) is 49.5. The zero-order valence-corrected chi connectivity index (χ0v) is 34.2. The van der Waals surface area contributed by atoms with Crippen LogP contribution >= 0.6 is 100.0 Å². The Balaban J connectivity index is -0.000000656. The van der Waals surface area contributed by atoms with Crippen LogP contribution in [0.4, 0.5) is 0 Å². The fourth-order valence-electron chi connectivity index (χ4n) is 1.87. The second-order valence-corrected chi connectivity index (χ2v) is 16.2. The molecule has 0 aliphatic carbocycles. The number of aliphatic hydroxyl groups is 2. The fourth-order valence-corrected chi connectivity index (χ4v) is 7.21. The molecule has 4 unspecified atom stereocenters. The van der Waals surface area contributed by atoms with E-state index >= 15 is 0 Å². The Morgan fingerprint density at radius 2 is 0.780 bits per heavy atom. The second-order valence-electron chi connectivity index (χ2n) is 6.38. The van der Waals surface area contributed by atoms with Gasteiger partial charge in [-0.05, 0) is 39.5 Å². The van der Waals surface area contributed by atoms with Crippen LogP contribution in [0.2, 0.25) is 30.1 Å². The minimum atomic E-state index is -5.80. The van der Waals surface area contributed by atoms with Crippen molar-refractivity contribution in [2.45, 2.75) is 11.2 Å². The maximum Gasteiger partial charge on any atom is 2.00 e. The molecular weight excluding hydrogens is 849 g/mol. The van der Waals surface area contributed by atoms with E-state index < -0.39 is 63.1 Å². The van der Waals surface area contributed by atoms with Crippen molar-refractivity contribution in [2.75, 3.05) is 0 Å². The summed E-state index contributed by atoms with van der Waals surface area (Å²) < 4.78 is 52.1. The molecule has 14 nitrogen and oxygen atoms in total.